The van der Waals surface area contributed by atoms with Crippen molar-refractivity contribution in [2.45, 2.75) is 62.8 Å². The van der Waals surface area contributed by atoms with Crippen LogP contribution in [0.3, 0.4) is 0 Å². The van der Waals surface area contributed by atoms with Gasteiger partial charge in [-0.2, -0.15) is 0 Å². The van der Waals surface area contributed by atoms with E-state index >= 15 is 0 Å². The average molecular weight is 930 g/mol. The van der Waals surface area contributed by atoms with Crippen LogP contribution < -0.4 is 10.2 Å². The minimum atomic E-state index is -0.803. The van der Waals surface area contributed by atoms with Gasteiger partial charge in [0.05, 0.1) is 38.5 Å². The van der Waals surface area contributed by atoms with Gasteiger partial charge in [-0.05, 0) is 84.6 Å². The fourth-order valence-electron chi connectivity index (χ4n) is 8.35. The minimum Gasteiger partial charge on any atom is -0.437 e. The van der Waals surface area contributed by atoms with Crippen molar-refractivity contribution in [2.75, 3.05) is 70.6 Å². The second-order valence-electron chi connectivity index (χ2n) is 16.1. The number of hydrogen-bond donors (Lipinski definition) is 1. The fraction of sp³-hybridized carbons (Fsp3) is 0.400. The predicted molar refractivity (Wildman–Crippen MR) is 246 cm³/mol. The van der Waals surface area contributed by atoms with Gasteiger partial charge in [0, 0.05) is 75.1 Å². The normalized spacial score (nSPS) is 22.2. The van der Waals surface area contributed by atoms with Crippen LogP contribution >= 0.6 is 15.9 Å². The largest absolute Gasteiger partial charge is 0.437 e. The quantitative estimate of drug-likeness (QED) is 0.149. The third-order valence-electron chi connectivity index (χ3n) is 12.1. The van der Waals surface area contributed by atoms with Crippen LogP contribution in [-0.2, 0) is 30.1 Å². The number of rotatable bonds is 11. The summed E-state index contributed by atoms with van der Waals surface area (Å²) < 4.78 is 50.0. The van der Waals surface area contributed by atoms with Crippen molar-refractivity contribution >= 4 is 33.8 Å². The summed E-state index contributed by atoms with van der Waals surface area (Å²) in [6, 6.07) is 28.4. The maximum Gasteiger partial charge on any atom is 0.411 e. The minimum absolute atomic E-state index is 0.0921. The summed E-state index contributed by atoms with van der Waals surface area (Å²) in [6.45, 7) is 19.8. The lowest BCUT2D eigenvalue weighted by atomic mass is 9.85. The van der Waals surface area contributed by atoms with Crippen LogP contribution in [0, 0.1) is 11.6 Å². The first-order valence-corrected chi connectivity index (χ1v) is 22.5. The first-order valence-electron chi connectivity index (χ1n) is 21.7. The predicted octanol–water partition coefficient (Wildman–Crippen LogP) is 10.6. The highest BCUT2D eigenvalue weighted by molar-refractivity contribution is 9.10. The summed E-state index contributed by atoms with van der Waals surface area (Å²) in [4.78, 5) is 31.6. The molecule has 0 aromatic heterocycles. The second-order valence-corrected chi connectivity index (χ2v) is 17.0. The lowest BCUT2D eigenvalue weighted by molar-refractivity contribution is -0.0595. The molecule has 0 saturated carbocycles. The number of ether oxygens (including phenoxy) is 4. The molecule has 4 aromatic carbocycles. The van der Waals surface area contributed by atoms with Crippen molar-refractivity contribution in [3.05, 3.63) is 161 Å². The molecule has 63 heavy (non-hydrogen) atoms. The third kappa shape index (κ3) is 12.1. The number of hydrogen-bond acceptors (Lipinski definition) is 8. The Morgan fingerprint density at radius 1 is 0.635 bits per heavy atom. The maximum atomic E-state index is 13.4. The smallest absolute Gasteiger partial charge is 0.411 e. The van der Waals surface area contributed by atoms with Gasteiger partial charge in [-0.1, -0.05) is 76.6 Å². The fourth-order valence-corrected chi connectivity index (χ4v) is 8.61. The molecular formula is C50H59BrF2N4O6. The van der Waals surface area contributed by atoms with Gasteiger partial charge in [-0.25, -0.2) is 18.4 Å². The first-order chi connectivity index (χ1) is 30.5. The van der Waals surface area contributed by atoms with Crippen molar-refractivity contribution in [3.8, 4) is 0 Å². The average Bonchev–Trinajstić information content (AvgIpc) is 3.31. The Morgan fingerprint density at radius 2 is 1.05 bits per heavy atom. The summed E-state index contributed by atoms with van der Waals surface area (Å²) in [7, 11) is 0. The van der Waals surface area contributed by atoms with Gasteiger partial charge in [0.2, 0.25) is 0 Å². The highest BCUT2D eigenvalue weighted by atomic mass is 79.9. The van der Waals surface area contributed by atoms with Gasteiger partial charge in [-0.3, -0.25) is 0 Å². The molecule has 4 heterocycles. The number of anilines is 1. The number of halogens is 3. The van der Waals surface area contributed by atoms with Crippen molar-refractivity contribution < 1.29 is 37.3 Å². The van der Waals surface area contributed by atoms with E-state index in [0.717, 1.165) is 79.3 Å². The van der Waals surface area contributed by atoms with Crippen molar-refractivity contribution in [3.63, 3.8) is 0 Å². The van der Waals surface area contributed by atoms with Gasteiger partial charge < -0.3 is 39.0 Å². The lowest BCUT2D eigenvalue weighted by Crippen LogP contribution is -2.48. The highest BCUT2D eigenvalue weighted by Crippen LogP contribution is 2.41. The lowest BCUT2D eigenvalue weighted by Gasteiger charge is -2.43. The van der Waals surface area contributed by atoms with E-state index in [9.17, 15) is 18.4 Å². The van der Waals surface area contributed by atoms with Gasteiger partial charge in [0.25, 0.3) is 0 Å². The molecule has 0 unspecified atom stereocenters. The van der Waals surface area contributed by atoms with E-state index < -0.39 is 11.2 Å². The third-order valence-corrected chi connectivity index (χ3v) is 12.7. The first kappa shape index (κ1) is 47.4. The Balaban J connectivity index is 0.000000187. The number of carbonyl (C=O) groups excluding carboxylic acids is 2. The number of nitrogens with one attached hydrogen (secondary N) is 1. The Labute approximate surface area is 379 Å². The van der Waals surface area contributed by atoms with Gasteiger partial charge in [0.15, 0.2) is 0 Å². The molecule has 4 saturated heterocycles. The van der Waals surface area contributed by atoms with E-state index in [1.54, 1.807) is 46.2 Å². The Hall–Kier alpha value is -5.08. The Bertz CT molecular complexity index is 2090. The molecule has 1 N–H and O–H groups in total. The summed E-state index contributed by atoms with van der Waals surface area (Å²) in [6.07, 6.45) is 4.99. The zero-order valence-corrected chi connectivity index (χ0v) is 37.9. The number of amides is 2. The van der Waals surface area contributed by atoms with Crippen molar-refractivity contribution in [1.82, 2.24) is 15.1 Å². The van der Waals surface area contributed by atoms with Crippen LogP contribution in [0.15, 0.2) is 127 Å². The zero-order chi connectivity index (χ0) is 44.8. The molecule has 4 aromatic rings. The number of cyclic esters (lactones) is 2. The van der Waals surface area contributed by atoms with Gasteiger partial charge in [-0.15, -0.1) is 13.2 Å². The molecule has 4 fully saturated rings. The molecule has 4 atom stereocenters. The Morgan fingerprint density at radius 3 is 1.41 bits per heavy atom. The molecule has 4 aliphatic rings. The van der Waals surface area contributed by atoms with E-state index in [1.165, 1.54) is 30.0 Å². The summed E-state index contributed by atoms with van der Waals surface area (Å²) in [5, 5.41) is 3.16. The van der Waals surface area contributed by atoms with Crippen molar-refractivity contribution in [1.29, 1.82) is 0 Å². The standard InChI is InChI=1S/C25H29FN2O3.C21H21BrFNO2.C4H9NO/c1-3-12-25(21-6-8-22(26)9-7-21)13-14-28(24(29)31-25)19(2)20-4-10-23(11-5-20)27-15-17-30-18-16-27;1-3-12-21(17-6-10-19(23)11-7-17)13-14-24(20(25)26-21)15(2)16-4-8-18(22)9-5-16;1-3-6-4-2-5-1/h3-11,19H,1,12-18H2,2H3;3-11,15H,1,12-14H2,2H3;5H,1-4H2/t19-,25+;15-,21+;/m00./s1. The van der Waals surface area contributed by atoms with Crippen LogP contribution in [0.1, 0.15) is 73.9 Å². The van der Waals surface area contributed by atoms with Crippen LogP contribution in [-0.4, -0.2) is 87.7 Å². The second kappa shape index (κ2) is 22.5. The van der Waals surface area contributed by atoms with E-state index in [0.29, 0.717) is 38.8 Å². The molecule has 0 spiro atoms. The molecule has 8 rings (SSSR count). The van der Waals surface area contributed by atoms with Gasteiger partial charge >= 0.3 is 12.2 Å². The topological polar surface area (TPSA) is 92.8 Å². The maximum absolute atomic E-state index is 13.4. The molecule has 2 amide bonds. The summed E-state index contributed by atoms with van der Waals surface area (Å²) in [5.41, 5.74) is 3.27. The Kier molecular flexibility index (Phi) is 16.9. The molecule has 0 bridgehead atoms. The van der Waals surface area contributed by atoms with E-state index in [-0.39, 0.29) is 35.9 Å². The summed E-state index contributed by atoms with van der Waals surface area (Å²) in [5.74, 6) is -0.620. The number of morpholine rings is 2. The summed E-state index contributed by atoms with van der Waals surface area (Å²) >= 11 is 3.42. The zero-order valence-electron chi connectivity index (χ0n) is 36.3. The number of benzene rings is 4. The van der Waals surface area contributed by atoms with E-state index in [4.69, 9.17) is 18.9 Å². The molecular weight excluding hydrogens is 870 g/mol. The molecule has 10 nitrogen and oxygen atoms in total. The van der Waals surface area contributed by atoms with Crippen LogP contribution in [0.25, 0.3) is 0 Å². The van der Waals surface area contributed by atoms with Gasteiger partial charge in [0.1, 0.15) is 22.8 Å². The SMILES string of the molecule is C1COCCN1.C=CC[C@]1(c2ccc(F)cc2)CCN([C@@H](C)c2ccc(Br)cc2)C(=O)O1.C=CC[C@]1(c2ccc(F)cc2)CCN([C@@H](C)c2ccc(N3CCOCC3)cc2)C(=O)O1. The highest BCUT2D eigenvalue weighted by Gasteiger charge is 2.44. The van der Waals surface area contributed by atoms with Crippen molar-refractivity contribution in [2.24, 2.45) is 0 Å². The van der Waals surface area contributed by atoms with E-state index in [2.05, 4.69) is 63.6 Å². The van der Waals surface area contributed by atoms with E-state index in [1.807, 2.05) is 38.1 Å². The molecule has 336 valence electrons. The molecule has 13 heteroatoms. The van der Waals surface area contributed by atoms with Crippen LogP contribution in [0.4, 0.5) is 24.1 Å². The number of carbonyl (C=O) groups is 2. The van der Waals surface area contributed by atoms with Crippen LogP contribution in [0.5, 0.6) is 0 Å². The molecule has 0 radical (unpaired) electrons. The molecule has 0 aliphatic carbocycles. The number of nitrogens with zero attached hydrogens (tertiary/aromatic N) is 3. The monoisotopic (exact) mass is 928 g/mol. The van der Waals surface area contributed by atoms with Crippen LogP contribution in [0.2, 0.25) is 0 Å². The molecule has 4 aliphatic heterocycles.